The van der Waals surface area contributed by atoms with E-state index in [0.717, 1.165) is 11.1 Å². The smallest absolute Gasteiger partial charge is 0.429 e. The topological polar surface area (TPSA) is 92.5 Å². The van der Waals surface area contributed by atoms with Crippen molar-refractivity contribution in [1.29, 1.82) is 0 Å². The van der Waals surface area contributed by atoms with Gasteiger partial charge in [0.05, 0.1) is 4.52 Å². The second kappa shape index (κ2) is 23.1. The molecule has 8 rings (SSSR count). The van der Waals surface area contributed by atoms with Crippen LogP contribution in [0.15, 0.2) is 232 Å². The van der Waals surface area contributed by atoms with Crippen molar-refractivity contribution in [2.45, 2.75) is 72.0 Å². The predicted octanol–water partition coefficient (Wildman–Crippen LogP) is 18.6. The third kappa shape index (κ3) is 13.0. The minimum atomic E-state index is -3.97. The first kappa shape index (κ1) is 51.5. The highest BCUT2D eigenvalue weighted by Crippen LogP contribution is 2.64. The van der Waals surface area contributed by atoms with E-state index in [4.69, 9.17) is 41.1 Å². The van der Waals surface area contributed by atoms with Crippen LogP contribution >= 0.6 is 23.3 Å². The Hall–Kier alpha value is -6.88. The van der Waals surface area contributed by atoms with E-state index < -0.39 is 29.1 Å². The van der Waals surface area contributed by atoms with Crippen molar-refractivity contribution in [2.75, 3.05) is 6.54 Å². The van der Waals surface area contributed by atoms with Gasteiger partial charge in [-0.1, -0.05) is 184 Å². The van der Waals surface area contributed by atoms with E-state index >= 15 is 0 Å². The molecule has 0 bridgehead atoms. The zero-order valence-electron chi connectivity index (χ0n) is 42.2. The minimum Gasteiger partial charge on any atom is -0.429 e. The molecule has 0 radical (unpaired) electrons. The van der Waals surface area contributed by atoms with Gasteiger partial charge < -0.3 is 18.1 Å². The summed E-state index contributed by atoms with van der Waals surface area (Å²) in [5.41, 5.74) is 6.57. The summed E-state index contributed by atoms with van der Waals surface area (Å²) in [5, 5.41) is 0. The van der Waals surface area contributed by atoms with Crippen LogP contribution in [0.3, 0.4) is 0 Å². The van der Waals surface area contributed by atoms with Gasteiger partial charge in [0.1, 0.15) is 23.0 Å². The van der Waals surface area contributed by atoms with E-state index in [-0.39, 0.29) is 10.8 Å². The molecule has 0 aromatic heterocycles. The Kier molecular flexibility index (Phi) is 16.5. The van der Waals surface area contributed by atoms with E-state index in [9.17, 15) is 0 Å². The number of aryl methyl sites for hydroxylation is 2. The zero-order valence-corrected chi connectivity index (χ0v) is 44.9. The van der Waals surface area contributed by atoms with Gasteiger partial charge >= 0.3 is 23.3 Å². The van der Waals surface area contributed by atoms with Gasteiger partial charge in [-0.2, -0.15) is 4.74 Å². The maximum Gasteiger partial charge on any atom is 0.679 e. The highest BCUT2D eigenvalue weighted by atomic mass is 31.2. The number of rotatable bonds is 20. The van der Waals surface area contributed by atoms with Gasteiger partial charge in [-0.15, -0.1) is 0 Å². The van der Waals surface area contributed by atoms with Crippen molar-refractivity contribution in [3.05, 3.63) is 252 Å². The molecule has 368 valence electrons. The number of benzene rings is 8. The molecule has 0 fully saturated rings. The molecule has 8 aromatic carbocycles. The Labute approximate surface area is 427 Å². The van der Waals surface area contributed by atoms with Crippen molar-refractivity contribution in [3.8, 4) is 34.5 Å². The molecule has 0 saturated carbocycles. The van der Waals surface area contributed by atoms with Gasteiger partial charge in [0, 0.05) is 17.4 Å². The Balaban J connectivity index is 1.28. The zero-order chi connectivity index (χ0) is 50.6. The van der Waals surface area contributed by atoms with Crippen molar-refractivity contribution >= 4 is 23.3 Å². The van der Waals surface area contributed by atoms with Gasteiger partial charge in [0.15, 0.2) is 17.3 Å². The van der Waals surface area contributed by atoms with Crippen LogP contribution in [0, 0.1) is 13.8 Å². The lowest BCUT2D eigenvalue weighted by molar-refractivity contribution is 0.448. The highest BCUT2D eigenvalue weighted by molar-refractivity contribution is 7.63. The van der Waals surface area contributed by atoms with Gasteiger partial charge in [-0.3, -0.25) is 0 Å². The molecule has 0 aliphatic carbocycles. The Morgan fingerprint density at radius 2 is 0.722 bits per heavy atom. The summed E-state index contributed by atoms with van der Waals surface area (Å²) in [5.74, 6) is 2.34. The molecule has 12 heteroatoms. The van der Waals surface area contributed by atoms with E-state index in [1.807, 2.05) is 159 Å². The third-order valence-electron chi connectivity index (χ3n) is 12.3. The van der Waals surface area contributed by atoms with E-state index in [1.54, 1.807) is 0 Å². The van der Waals surface area contributed by atoms with Gasteiger partial charge in [0.25, 0.3) is 0 Å². The van der Waals surface area contributed by atoms with Crippen molar-refractivity contribution in [2.24, 2.45) is 14.0 Å². The van der Waals surface area contributed by atoms with Crippen molar-refractivity contribution in [1.82, 2.24) is 0 Å². The molecule has 0 aliphatic heterocycles. The molecule has 0 spiro atoms. The first-order chi connectivity index (χ1) is 34.7. The summed E-state index contributed by atoms with van der Waals surface area (Å²) in [4.78, 5) is 0. The maximum atomic E-state index is 7.15. The van der Waals surface area contributed by atoms with Crippen LogP contribution in [-0.2, 0) is 10.8 Å². The number of hydrogen-bond donors (Lipinski definition) is 0. The normalized spacial score (nSPS) is 13.2. The van der Waals surface area contributed by atoms with Crippen LogP contribution in [0.1, 0.15) is 74.9 Å². The Morgan fingerprint density at radius 3 is 1.10 bits per heavy atom. The maximum absolute atomic E-state index is 7.15. The molecule has 3 atom stereocenters. The fourth-order valence-electron chi connectivity index (χ4n) is 7.91. The predicted molar refractivity (Wildman–Crippen MR) is 297 cm³/mol. The summed E-state index contributed by atoms with van der Waals surface area (Å²) < 4.78 is 58.0. The van der Waals surface area contributed by atoms with Gasteiger partial charge in [-0.05, 0) is 123 Å². The Bertz CT molecular complexity index is 3090. The van der Waals surface area contributed by atoms with Gasteiger partial charge in [0.2, 0.25) is 0 Å². The molecular weight excluding hydrogens is 952 g/mol. The summed E-state index contributed by atoms with van der Waals surface area (Å²) in [6.07, 6.45) is 0. The molecule has 0 aliphatic rings. The van der Waals surface area contributed by atoms with Crippen LogP contribution in [0.4, 0.5) is 0 Å². The number of hydrogen-bond acceptors (Lipinski definition) is 8. The average Bonchev–Trinajstić information content (AvgIpc) is 3.38. The fraction of sp³-hybridized carbons (Fsp3) is 0.200. The Morgan fingerprint density at radius 1 is 0.417 bits per heavy atom. The van der Waals surface area contributed by atoms with E-state index in [2.05, 4.69) is 114 Å². The SMILES string of the molecule is CCN=P(Oc1ccccc1)(Oc1ccc(C(C)(C)c2ccc(C)cc2)cc1)C(C)N=P(N=[P+](Oc1ccccc1)Oc1ccc(C(C)(C)c2ccc(C)cc2)cc1)(Oc1ccccc1)Oc1ccccc1. The molecule has 0 amide bonds. The van der Waals surface area contributed by atoms with Crippen LogP contribution in [0.2, 0.25) is 0 Å². The highest BCUT2D eigenvalue weighted by Gasteiger charge is 2.43. The largest absolute Gasteiger partial charge is 0.679 e. The number of nitrogens with zero attached hydrogens (tertiary/aromatic N) is 3. The van der Waals surface area contributed by atoms with Gasteiger partial charge in [-0.25, -0.2) is 13.8 Å². The van der Waals surface area contributed by atoms with E-state index in [0.29, 0.717) is 41.0 Å². The summed E-state index contributed by atoms with van der Waals surface area (Å²) in [6.45, 7) is 17.4. The van der Waals surface area contributed by atoms with Crippen LogP contribution < -0.4 is 27.1 Å². The minimum absolute atomic E-state index is 0.270. The van der Waals surface area contributed by atoms with Crippen LogP contribution in [0.25, 0.3) is 0 Å². The summed E-state index contributed by atoms with van der Waals surface area (Å²) >= 11 is 0. The molecule has 0 heterocycles. The second-order valence-electron chi connectivity index (χ2n) is 18.4. The van der Waals surface area contributed by atoms with Crippen LogP contribution in [0.5, 0.6) is 34.5 Å². The number of para-hydroxylation sites is 4. The molecule has 72 heavy (non-hydrogen) atoms. The summed E-state index contributed by atoms with van der Waals surface area (Å²) in [6, 6.07) is 71.4. The van der Waals surface area contributed by atoms with Crippen molar-refractivity contribution < 1.29 is 27.1 Å². The standard InChI is InChI=1S/C60H63N3O6P3/c1-9-61-71(66-55-24-16-11-17-25-55,67-58-44-40-52(41-45-58)60(7,8)50-36-32-47(3)33-37-50)48(4)62-72(68-56-26-18-12-19-27-56,69-57-28-20-13-21-29-57)63-70(64-53-22-14-10-15-23-53)65-54-42-38-51(39-43-54)59(5,6)49-34-30-46(2)31-35-49/h10-45,48H,9H2,1-8H3/q+1. The monoisotopic (exact) mass is 1010 g/mol. The van der Waals surface area contributed by atoms with E-state index in [1.165, 1.54) is 22.3 Å². The molecular formula is C60H63N3O6P3+. The molecule has 3 unspecified atom stereocenters. The lowest BCUT2D eigenvalue weighted by Crippen LogP contribution is -2.19. The fourth-order valence-corrected chi connectivity index (χ4v) is 14.3. The lowest BCUT2D eigenvalue weighted by Gasteiger charge is -2.30. The third-order valence-corrected chi connectivity index (χ3v) is 18.9. The average molecular weight is 1020 g/mol. The lowest BCUT2D eigenvalue weighted by atomic mass is 9.78. The quantitative estimate of drug-likeness (QED) is 0.0706. The molecule has 0 N–H and O–H groups in total. The van der Waals surface area contributed by atoms with Crippen LogP contribution in [-0.4, -0.2) is 12.3 Å². The second-order valence-corrected chi connectivity index (χ2v) is 24.1. The first-order valence-corrected chi connectivity index (χ1v) is 28.5. The first-order valence-electron chi connectivity index (χ1n) is 24.2. The molecule has 8 aromatic rings. The van der Waals surface area contributed by atoms with Crippen molar-refractivity contribution in [3.63, 3.8) is 0 Å². The summed E-state index contributed by atoms with van der Waals surface area (Å²) in [7, 11) is -9.71. The molecule has 9 nitrogen and oxygen atoms in total. The molecule has 0 saturated heterocycles.